The lowest BCUT2D eigenvalue weighted by atomic mass is 10.3. The van der Waals surface area contributed by atoms with Gasteiger partial charge in [-0.3, -0.25) is 4.98 Å². The van der Waals surface area contributed by atoms with Crippen LogP contribution >= 0.6 is 0 Å². The Balaban J connectivity index is 1.96. The Kier molecular flexibility index (Phi) is 2.73. The molecule has 0 radical (unpaired) electrons. The van der Waals surface area contributed by atoms with Crippen LogP contribution in [0.4, 0.5) is 11.6 Å². The Morgan fingerprint density at radius 3 is 2.73 bits per heavy atom. The van der Waals surface area contributed by atoms with Crippen LogP contribution in [0.1, 0.15) is 5.69 Å². The van der Waals surface area contributed by atoms with Gasteiger partial charge in [0.15, 0.2) is 0 Å². The monoisotopic (exact) mass is 201 g/mol. The number of nitrogens with one attached hydrogen (secondary N) is 1. The van der Waals surface area contributed by atoms with E-state index >= 15 is 0 Å². The molecule has 0 amide bonds. The van der Waals surface area contributed by atoms with Crippen LogP contribution in [0.15, 0.2) is 36.5 Å². The molecule has 0 saturated carbocycles. The summed E-state index contributed by atoms with van der Waals surface area (Å²) in [5.74, 6) is 1.10. The number of nitrogen functional groups attached to an aromatic ring is 1. The molecule has 0 aromatic carbocycles. The van der Waals surface area contributed by atoms with E-state index in [0.717, 1.165) is 5.69 Å². The Labute approximate surface area is 87.4 Å². The van der Waals surface area contributed by atoms with Crippen molar-refractivity contribution < 1.29 is 0 Å². The van der Waals surface area contributed by atoms with Gasteiger partial charge in [-0.2, -0.15) is 0 Å². The molecule has 0 fully saturated rings. The maximum atomic E-state index is 5.42. The van der Waals surface area contributed by atoms with Crippen LogP contribution in [-0.4, -0.2) is 15.2 Å². The van der Waals surface area contributed by atoms with Gasteiger partial charge in [0.1, 0.15) is 11.6 Å². The molecule has 0 saturated heterocycles. The Hall–Kier alpha value is -2.17. The molecule has 0 unspecified atom stereocenters. The molecule has 5 heteroatoms. The van der Waals surface area contributed by atoms with E-state index in [4.69, 9.17) is 5.73 Å². The van der Waals surface area contributed by atoms with Gasteiger partial charge in [0.2, 0.25) is 0 Å². The highest BCUT2D eigenvalue weighted by Crippen LogP contribution is 2.04. The van der Waals surface area contributed by atoms with Crippen LogP contribution in [-0.2, 0) is 6.54 Å². The number of anilines is 2. The van der Waals surface area contributed by atoms with Gasteiger partial charge in [0, 0.05) is 6.20 Å². The van der Waals surface area contributed by atoms with Crippen molar-refractivity contribution >= 4 is 11.6 Å². The molecule has 76 valence electrons. The molecule has 3 N–H and O–H groups in total. The van der Waals surface area contributed by atoms with E-state index in [9.17, 15) is 0 Å². The van der Waals surface area contributed by atoms with Gasteiger partial charge in [-0.25, -0.2) is 0 Å². The summed E-state index contributed by atoms with van der Waals surface area (Å²) in [7, 11) is 0. The van der Waals surface area contributed by atoms with Crippen molar-refractivity contribution in [2.24, 2.45) is 0 Å². The second kappa shape index (κ2) is 4.36. The van der Waals surface area contributed by atoms with Crippen molar-refractivity contribution in [1.29, 1.82) is 0 Å². The zero-order chi connectivity index (χ0) is 10.5. The Morgan fingerprint density at radius 1 is 1.13 bits per heavy atom. The number of pyridine rings is 1. The van der Waals surface area contributed by atoms with Gasteiger partial charge in [0.25, 0.3) is 0 Å². The summed E-state index contributed by atoms with van der Waals surface area (Å²) in [6, 6.07) is 9.25. The van der Waals surface area contributed by atoms with Gasteiger partial charge in [-0.05, 0) is 24.3 Å². The second-order valence-corrected chi connectivity index (χ2v) is 3.02. The van der Waals surface area contributed by atoms with Crippen LogP contribution in [0.2, 0.25) is 0 Å². The predicted octanol–water partition coefficient (Wildman–Crippen LogP) is 1.07. The van der Waals surface area contributed by atoms with Gasteiger partial charge < -0.3 is 11.1 Å². The highest BCUT2D eigenvalue weighted by atomic mass is 15.2. The molecule has 0 bridgehead atoms. The van der Waals surface area contributed by atoms with E-state index in [-0.39, 0.29) is 0 Å². The average Bonchev–Trinajstić information content (AvgIpc) is 2.30. The lowest BCUT2D eigenvalue weighted by molar-refractivity contribution is 0.983. The third kappa shape index (κ3) is 2.63. The van der Waals surface area contributed by atoms with E-state index in [0.29, 0.717) is 18.2 Å². The smallest absolute Gasteiger partial charge is 0.149 e. The van der Waals surface area contributed by atoms with Crippen molar-refractivity contribution in [2.45, 2.75) is 6.54 Å². The summed E-state index contributed by atoms with van der Waals surface area (Å²) < 4.78 is 0. The number of rotatable bonds is 3. The molecule has 2 aromatic rings. The lowest BCUT2D eigenvalue weighted by Crippen LogP contribution is -2.04. The second-order valence-electron chi connectivity index (χ2n) is 3.02. The van der Waals surface area contributed by atoms with Crippen molar-refractivity contribution in [2.75, 3.05) is 11.1 Å². The fraction of sp³-hybridized carbons (Fsp3) is 0.100. The summed E-state index contributed by atoms with van der Waals surface area (Å²) >= 11 is 0. The molecule has 2 heterocycles. The third-order valence-electron chi connectivity index (χ3n) is 1.86. The number of hydrogen-bond donors (Lipinski definition) is 2. The maximum Gasteiger partial charge on any atom is 0.149 e. The maximum absolute atomic E-state index is 5.42. The molecule has 15 heavy (non-hydrogen) atoms. The Morgan fingerprint density at radius 2 is 2.07 bits per heavy atom. The molecule has 2 rings (SSSR count). The topological polar surface area (TPSA) is 76.7 Å². The minimum absolute atomic E-state index is 0.415. The van der Waals surface area contributed by atoms with Crippen LogP contribution in [0.3, 0.4) is 0 Å². The first-order chi connectivity index (χ1) is 7.34. The molecule has 0 aliphatic rings. The highest BCUT2D eigenvalue weighted by molar-refractivity contribution is 5.38. The third-order valence-corrected chi connectivity index (χ3v) is 1.86. The van der Waals surface area contributed by atoms with E-state index in [2.05, 4.69) is 20.5 Å². The molecule has 2 aromatic heterocycles. The minimum atomic E-state index is 0.415. The summed E-state index contributed by atoms with van der Waals surface area (Å²) in [6.45, 7) is 0.624. The molecule has 5 nitrogen and oxygen atoms in total. The number of nitrogens with zero attached hydrogens (tertiary/aromatic N) is 3. The van der Waals surface area contributed by atoms with E-state index in [1.165, 1.54) is 0 Å². The average molecular weight is 201 g/mol. The Bertz CT molecular complexity index is 412. The van der Waals surface area contributed by atoms with Gasteiger partial charge in [-0.15, -0.1) is 10.2 Å². The summed E-state index contributed by atoms with van der Waals surface area (Å²) in [6.07, 6.45) is 1.76. The van der Waals surface area contributed by atoms with Crippen LogP contribution in [0, 0.1) is 0 Å². The summed E-state index contributed by atoms with van der Waals surface area (Å²) in [5, 5.41) is 10.7. The van der Waals surface area contributed by atoms with Crippen molar-refractivity contribution in [3.05, 3.63) is 42.2 Å². The molecule has 0 spiro atoms. The summed E-state index contributed by atoms with van der Waals surface area (Å²) in [5.41, 5.74) is 6.37. The fourth-order valence-corrected chi connectivity index (χ4v) is 1.12. The van der Waals surface area contributed by atoms with Crippen LogP contribution < -0.4 is 11.1 Å². The van der Waals surface area contributed by atoms with Crippen LogP contribution in [0.25, 0.3) is 0 Å². The molecule has 0 aliphatic heterocycles. The molecule has 0 aliphatic carbocycles. The van der Waals surface area contributed by atoms with Crippen molar-refractivity contribution in [3.63, 3.8) is 0 Å². The minimum Gasteiger partial charge on any atom is -0.382 e. The SMILES string of the molecule is Nc1ccc(NCc2ccccn2)nn1. The largest absolute Gasteiger partial charge is 0.382 e. The summed E-state index contributed by atoms with van der Waals surface area (Å²) in [4.78, 5) is 4.18. The van der Waals surface area contributed by atoms with E-state index < -0.39 is 0 Å². The van der Waals surface area contributed by atoms with Crippen molar-refractivity contribution in [3.8, 4) is 0 Å². The van der Waals surface area contributed by atoms with Gasteiger partial charge >= 0.3 is 0 Å². The quantitative estimate of drug-likeness (QED) is 0.776. The normalized spacial score (nSPS) is 9.87. The fourth-order valence-electron chi connectivity index (χ4n) is 1.12. The lowest BCUT2D eigenvalue weighted by Gasteiger charge is -2.03. The molecular weight excluding hydrogens is 190 g/mol. The molecular formula is C10H11N5. The van der Waals surface area contributed by atoms with Gasteiger partial charge in [-0.1, -0.05) is 6.07 Å². The number of hydrogen-bond acceptors (Lipinski definition) is 5. The number of nitrogens with two attached hydrogens (primary N) is 1. The zero-order valence-electron chi connectivity index (χ0n) is 8.09. The first-order valence-electron chi connectivity index (χ1n) is 4.57. The zero-order valence-corrected chi connectivity index (χ0v) is 8.09. The molecule has 0 atom stereocenters. The standard InChI is InChI=1S/C10H11N5/c11-9-4-5-10(15-14-9)13-7-8-3-1-2-6-12-8/h1-6H,7H2,(H2,11,14)(H,13,15). The van der Waals surface area contributed by atoms with E-state index in [1.807, 2.05) is 18.2 Å². The van der Waals surface area contributed by atoms with Crippen molar-refractivity contribution in [1.82, 2.24) is 15.2 Å². The van der Waals surface area contributed by atoms with Crippen LogP contribution in [0.5, 0.6) is 0 Å². The van der Waals surface area contributed by atoms with Gasteiger partial charge in [0.05, 0.1) is 12.2 Å². The predicted molar refractivity (Wildman–Crippen MR) is 58.0 cm³/mol. The first kappa shape index (κ1) is 9.39. The highest BCUT2D eigenvalue weighted by Gasteiger charge is 1.95. The van der Waals surface area contributed by atoms with E-state index in [1.54, 1.807) is 18.3 Å². The first-order valence-corrected chi connectivity index (χ1v) is 4.57. The number of aromatic nitrogens is 3.